The Kier molecular flexibility index (Phi) is 10.2. The van der Waals surface area contributed by atoms with Crippen molar-refractivity contribution in [3.05, 3.63) is 279 Å². The van der Waals surface area contributed by atoms with Crippen LogP contribution in [-0.4, -0.2) is 4.57 Å². The second-order valence-electron chi connectivity index (χ2n) is 18.1. The molecule has 0 unspecified atom stereocenters. The van der Waals surface area contributed by atoms with Crippen molar-refractivity contribution in [2.24, 2.45) is 0 Å². The molecule has 13 aromatic rings. The number of para-hydroxylation sites is 3. The summed E-state index contributed by atoms with van der Waals surface area (Å²) in [5.41, 5.74) is 18.4. The molecular formula is C68H46N2. The Morgan fingerprint density at radius 3 is 1.43 bits per heavy atom. The third kappa shape index (κ3) is 7.31. The molecule has 12 aromatic carbocycles. The highest BCUT2D eigenvalue weighted by atomic mass is 15.1. The molecule has 0 aliphatic heterocycles. The molecule has 0 bridgehead atoms. The number of hydrogen-bond donors (Lipinski definition) is 0. The zero-order valence-electron chi connectivity index (χ0n) is 38.5. The van der Waals surface area contributed by atoms with Crippen molar-refractivity contribution in [1.82, 2.24) is 4.57 Å². The van der Waals surface area contributed by atoms with Crippen LogP contribution in [0.15, 0.2) is 279 Å². The van der Waals surface area contributed by atoms with Gasteiger partial charge in [-0.1, -0.05) is 218 Å². The van der Waals surface area contributed by atoms with Crippen LogP contribution in [0, 0.1) is 0 Å². The van der Waals surface area contributed by atoms with E-state index in [4.69, 9.17) is 0 Å². The Hall–Kier alpha value is -9.24. The lowest BCUT2D eigenvalue weighted by atomic mass is 9.94. The van der Waals surface area contributed by atoms with Crippen molar-refractivity contribution in [3.63, 3.8) is 0 Å². The van der Waals surface area contributed by atoms with Crippen LogP contribution >= 0.6 is 0 Å². The maximum atomic E-state index is 2.47. The van der Waals surface area contributed by atoms with E-state index in [1.807, 2.05) is 0 Å². The molecule has 1 aromatic heterocycles. The van der Waals surface area contributed by atoms with Gasteiger partial charge in [-0.2, -0.15) is 0 Å². The van der Waals surface area contributed by atoms with E-state index >= 15 is 0 Å². The highest BCUT2D eigenvalue weighted by Crippen LogP contribution is 2.47. The van der Waals surface area contributed by atoms with Crippen molar-refractivity contribution in [2.75, 3.05) is 4.90 Å². The molecule has 328 valence electrons. The van der Waals surface area contributed by atoms with Gasteiger partial charge in [-0.05, 0) is 127 Å². The van der Waals surface area contributed by atoms with E-state index < -0.39 is 0 Å². The van der Waals surface area contributed by atoms with Crippen molar-refractivity contribution >= 4 is 60.4 Å². The maximum Gasteiger partial charge on any atom is 0.0547 e. The van der Waals surface area contributed by atoms with Gasteiger partial charge in [0, 0.05) is 33.3 Å². The molecule has 1 heterocycles. The molecule has 0 aliphatic rings. The van der Waals surface area contributed by atoms with E-state index in [0.29, 0.717) is 0 Å². The van der Waals surface area contributed by atoms with Crippen LogP contribution in [0.4, 0.5) is 17.1 Å². The monoisotopic (exact) mass is 890 g/mol. The van der Waals surface area contributed by atoms with Gasteiger partial charge in [0.25, 0.3) is 0 Å². The number of anilines is 3. The second kappa shape index (κ2) is 17.4. The van der Waals surface area contributed by atoms with E-state index in [2.05, 4.69) is 289 Å². The van der Waals surface area contributed by atoms with Crippen molar-refractivity contribution in [2.45, 2.75) is 0 Å². The molecule has 2 heteroatoms. The Bertz CT molecular complexity index is 4030. The van der Waals surface area contributed by atoms with E-state index in [-0.39, 0.29) is 0 Å². The Balaban J connectivity index is 1.03. The third-order valence-corrected chi connectivity index (χ3v) is 14.0. The minimum Gasteiger partial charge on any atom is -0.309 e. The first-order chi connectivity index (χ1) is 34.7. The van der Waals surface area contributed by atoms with Crippen LogP contribution in [0.1, 0.15) is 0 Å². The lowest BCUT2D eigenvalue weighted by Gasteiger charge is -2.30. The van der Waals surface area contributed by atoms with Crippen LogP contribution < -0.4 is 4.90 Å². The molecular weight excluding hydrogens is 845 g/mol. The van der Waals surface area contributed by atoms with Crippen molar-refractivity contribution < 1.29 is 0 Å². The van der Waals surface area contributed by atoms with E-state index in [0.717, 1.165) is 50.6 Å². The Labute approximate surface area is 408 Å². The Morgan fingerprint density at radius 2 is 0.714 bits per heavy atom. The molecule has 70 heavy (non-hydrogen) atoms. The summed E-state index contributed by atoms with van der Waals surface area (Å²) in [6, 6.07) is 102. The van der Waals surface area contributed by atoms with Gasteiger partial charge in [-0.15, -0.1) is 0 Å². The number of rotatable bonds is 9. The molecule has 0 radical (unpaired) electrons. The first kappa shape index (κ1) is 41.0. The highest BCUT2D eigenvalue weighted by Gasteiger charge is 2.23. The van der Waals surface area contributed by atoms with E-state index in [9.17, 15) is 0 Å². The van der Waals surface area contributed by atoms with Gasteiger partial charge >= 0.3 is 0 Å². The number of nitrogens with zero attached hydrogens (tertiary/aromatic N) is 2. The largest absolute Gasteiger partial charge is 0.309 e. The lowest BCUT2D eigenvalue weighted by Crippen LogP contribution is -2.12. The first-order valence-electron chi connectivity index (χ1n) is 24.1. The zero-order chi connectivity index (χ0) is 46.4. The van der Waals surface area contributed by atoms with Gasteiger partial charge in [0.15, 0.2) is 0 Å². The first-order valence-corrected chi connectivity index (χ1v) is 24.1. The number of fused-ring (bicyclic) bond motifs is 5. The zero-order valence-corrected chi connectivity index (χ0v) is 38.5. The summed E-state index contributed by atoms with van der Waals surface area (Å²) in [5.74, 6) is 0. The van der Waals surface area contributed by atoms with Crippen molar-refractivity contribution in [3.8, 4) is 61.3 Å². The van der Waals surface area contributed by atoms with Crippen LogP contribution in [-0.2, 0) is 0 Å². The molecule has 0 spiro atoms. The predicted molar refractivity (Wildman–Crippen MR) is 298 cm³/mol. The normalized spacial score (nSPS) is 11.4. The summed E-state index contributed by atoms with van der Waals surface area (Å²) in [6.07, 6.45) is 0. The van der Waals surface area contributed by atoms with Crippen LogP contribution in [0.25, 0.3) is 105 Å². The van der Waals surface area contributed by atoms with Gasteiger partial charge in [0.05, 0.1) is 22.4 Å². The van der Waals surface area contributed by atoms with Gasteiger partial charge in [-0.3, -0.25) is 0 Å². The molecule has 13 rings (SSSR count). The predicted octanol–water partition coefficient (Wildman–Crippen LogP) is 18.9. The highest BCUT2D eigenvalue weighted by molar-refractivity contribution is 6.14. The van der Waals surface area contributed by atoms with Crippen LogP contribution in [0.2, 0.25) is 0 Å². The second-order valence-corrected chi connectivity index (χ2v) is 18.1. The summed E-state index contributed by atoms with van der Waals surface area (Å²) < 4.78 is 2.47. The molecule has 0 saturated carbocycles. The SMILES string of the molecule is c1ccc(-c2ccc(-c3ccccc3N(c3ccc(-c4cccc5ccccc45)cc3)c3ccccc3-c3cc(-c4ccccc4)cc(-n4c5ccccc5c5cc6ccccc6cc54)c3)cc2)cc1. The minimum absolute atomic E-state index is 1.07. The molecule has 0 fully saturated rings. The van der Waals surface area contributed by atoms with Gasteiger partial charge in [-0.25, -0.2) is 0 Å². The molecule has 0 N–H and O–H groups in total. The van der Waals surface area contributed by atoms with Crippen LogP contribution in [0.3, 0.4) is 0 Å². The molecule has 0 saturated heterocycles. The average Bonchev–Trinajstić information content (AvgIpc) is 3.76. The fraction of sp³-hybridized carbons (Fsp3) is 0. The third-order valence-electron chi connectivity index (χ3n) is 14.0. The number of hydrogen-bond acceptors (Lipinski definition) is 1. The minimum atomic E-state index is 1.07. The average molecular weight is 891 g/mol. The topological polar surface area (TPSA) is 8.17 Å². The van der Waals surface area contributed by atoms with E-state index in [1.165, 1.54) is 71.2 Å². The molecule has 0 atom stereocenters. The summed E-state index contributed by atoms with van der Waals surface area (Å²) in [5, 5.41) is 7.42. The van der Waals surface area contributed by atoms with Gasteiger partial charge < -0.3 is 9.47 Å². The molecule has 2 nitrogen and oxygen atoms in total. The van der Waals surface area contributed by atoms with Crippen molar-refractivity contribution in [1.29, 1.82) is 0 Å². The Morgan fingerprint density at radius 1 is 0.243 bits per heavy atom. The van der Waals surface area contributed by atoms with Crippen LogP contribution in [0.5, 0.6) is 0 Å². The quantitative estimate of drug-likeness (QED) is 0.140. The number of aromatic nitrogens is 1. The van der Waals surface area contributed by atoms with E-state index in [1.54, 1.807) is 0 Å². The lowest BCUT2D eigenvalue weighted by molar-refractivity contribution is 1.18. The van der Waals surface area contributed by atoms with Gasteiger partial charge in [0.1, 0.15) is 0 Å². The summed E-state index contributed by atoms with van der Waals surface area (Å²) >= 11 is 0. The molecule has 0 aliphatic carbocycles. The maximum absolute atomic E-state index is 2.47. The number of benzene rings is 12. The standard InChI is InChI=1S/C68H46N2/c1-3-18-47(19-4-1)49-34-36-52(37-35-49)61-27-11-14-31-65(61)69(57-40-38-51(39-41-57)60-30-17-25-50-22-9-10-26-59(50)60)66-32-15-12-28-62(66)56-42-55(48-20-5-2-6-21-48)43-58(44-56)70-67-33-16-13-29-63(67)64-45-53-23-7-8-24-54(53)46-68(64)70/h1-46H. The smallest absolute Gasteiger partial charge is 0.0547 e. The fourth-order valence-electron chi connectivity index (χ4n) is 10.6. The fourth-order valence-corrected chi connectivity index (χ4v) is 10.6. The summed E-state index contributed by atoms with van der Waals surface area (Å²) in [4.78, 5) is 2.46. The summed E-state index contributed by atoms with van der Waals surface area (Å²) in [6.45, 7) is 0. The van der Waals surface area contributed by atoms with Gasteiger partial charge in [0.2, 0.25) is 0 Å². The summed E-state index contributed by atoms with van der Waals surface area (Å²) in [7, 11) is 0. The molecule has 0 amide bonds.